The van der Waals surface area contributed by atoms with Crippen molar-refractivity contribution in [1.82, 2.24) is 0 Å². The van der Waals surface area contributed by atoms with Gasteiger partial charge in [-0.3, -0.25) is 0 Å². The number of halogens is 1. The van der Waals surface area contributed by atoms with Gasteiger partial charge in [-0.2, -0.15) is 0 Å². The van der Waals surface area contributed by atoms with Gasteiger partial charge in [-0.15, -0.1) is 0 Å². The number of benzene rings is 1. The number of ether oxygens (including phenoxy) is 1. The molecule has 2 nitrogen and oxygen atoms in total. The summed E-state index contributed by atoms with van der Waals surface area (Å²) in [6.07, 6.45) is 1.93. The summed E-state index contributed by atoms with van der Waals surface area (Å²) in [5, 5.41) is 9.92. The second-order valence-corrected chi connectivity index (χ2v) is 5.01. The largest absolute Gasteiger partial charge is 0.487 e. The van der Waals surface area contributed by atoms with Crippen molar-refractivity contribution in [2.24, 2.45) is 0 Å². The lowest BCUT2D eigenvalue weighted by molar-refractivity contribution is 0.0811. The van der Waals surface area contributed by atoms with E-state index in [9.17, 15) is 5.11 Å². The SMILES string of the molecule is CC1(C)CCc2cc(Cl)cc(CO)c2O1. The lowest BCUT2D eigenvalue weighted by atomic mass is 9.93. The van der Waals surface area contributed by atoms with Gasteiger partial charge in [-0.1, -0.05) is 11.6 Å². The van der Waals surface area contributed by atoms with E-state index in [0.29, 0.717) is 5.02 Å². The highest BCUT2D eigenvalue weighted by Gasteiger charge is 2.28. The molecule has 0 saturated heterocycles. The Morgan fingerprint density at radius 3 is 2.87 bits per heavy atom. The smallest absolute Gasteiger partial charge is 0.128 e. The topological polar surface area (TPSA) is 29.5 Å². The van der Waals surface area contributed by atoms with Crippen molar-refractivity contribution < 1.29 is 9.84 Å². The minimum absolute atomic E-state index is 0.0288. The molecule has 0 fully saturated rings. The van der Waals surface area contributed by atoms with Gasteiger partial charge in [-0.25, -0.2) is 0 Å². The van der Waals surface area contributed by atoms with Crippen LogP contribution in [0.4, 0.5) is 0 Å². The first-order valence-electron chi connectivity index (χ1n) is 5.13. The van der Waals surface area contributed by atoms with E-state index in [-0.39, 0.29) is 12.2 Å². The molecule has 0 unspecified atom stereocenters. The zero-order chi connectivity index (χ0) is 11.1. The molecule has 0 spiro atoms. The van der Waals surface area contributed by atoms with Gasteiger partial charge in [0, 0.05) is 10.6 Å². The molecular formula is C12H15ClO2. The average Bonchev–Trinajstić information content (AvgIpc) is 2.17. The van der Waals surface area contributed by atoms with E-state index in [1.54, 1.807) is 6.07 Å². The first kappa shape index (κ1) is 10.8. The van der Waals surface area contributed by atoms with Gasteiger partial charge in [0.2, 0.25) is 0 Å². The van der Waals surface area contributed by atoms with Crippen LogP contribution in [0.3, 0.4) is 0 Å². The maximum Gasteiger partial charge on any atom is 0.128 e. The highest BCUT2D eigenvalue weighted by atomic mass is 35.5. The maximum absolute atomic E-state index is 9.25. The molecule has 0 amide bonds. The molecule has 1 aliphatic rings. The van der Waals surface area contributed by atoms with Gasteiger partial charge in [0.05, 0.1) is 6.61 Å². The summed E-state index contributed by atoms with van der Waals surface area (Å²) in [4.78, 5) is 0. The van der Waals surface area contributed by atoms with Crippen LogP contribution in [-0.2, 0) is 13.0 Å². The van der Waals surface area contributed by atoms with Gasteiger partial charge in [0.1, 0.15) is 11.4 Å². The summed E-state index contributed by atoms with van der Waals surface area (Å²) in [6, 6.07) is 3.69. The van der Waals surface area contributed by atoms with Gasteiger partial charge in [0.25, 0.3) is 0 Å². The molecule has 15 heavy (non-hydrogen) atoms. The molecule has 0 radical (unpaired) electrons. The van der Waals surface area contributed by atoms with Crippen LogP contribution in [0.25, 0.3) is 0 Å². The van der Waals surface area contributed by atoms with E-state index in [0.717, 1.165) is 29.7 Å². The van der Waals surface area contributed by atoms with Crippen LogP contribution >= 0.6 is 11.6 Å². The second kappa shape index (κ2) is 3.69. The van der Waals surface area contributed by atoms with Crippen molar-refractivity contribution in [3.05, 3.63) is 28.3 Å². The van der Waals surface area contributed by atoms with E-state index in [1.165, 1.54) is 0 Å². The minimum atomic E-state index is -0.148. The third-order valence-corrected chi connectivity index (χ3v) is 2.97. The van der Waals surface area contributed by atoms with Crippen LogP contribution in [0.5, 0.6) is 5.75 Å². The quantitative estimate of drug-likeness (QED) is 0.798. The van der Waals surface area contributed by atoms with Crippen molar-refractivity contribution in [1.29, 1.82) is 0 Å². The van der Waals surface area contributed by atoms with E-state index in [4.69, 9.17) is 16.3 Å². The molecule has 1 aliphatic heterocycles. The van der Waals surface area contributed by atoms with Crippen LogP contribution in [-0.4, -0.2) is 10.7 Å². The van der Waals surface area contributed by atoms with E-state index < -0.39 is 0 Å². The number of aliphatic hydroxyl groups is 1. The Morgan fingerprint density at radius 1 is 1.47 bits per heavy atom. The third kappa shape index (κ3) is 2.11. The minimum Gasteiger partial charge on any atom is -0.487 e. The number of hydrogen-bond donors (Lipinski definition) is 1. The molecule has 82 valence electrons. The normalized spacial score (nSPS) is 18.1. The standard InChI is InChI=1S/C12H15ClO2/c1-12(2)4-3-8-5-10(13)6-9(7-14)11(8)15-12/h5-6,14H,3-4,7H2,1-2H3. The second-order valence-electron chi connectivity index (χ2n) is 4.57. The molecule has 0 atom stereocenters. The van der Waals surface area contributed by atoms with Crippen molar-refractivity contribution in [3.63, 3.8) is 0 Å². The summed E-state index contributed by atoms with van der Waals surface area (Å²) >= 11 is 5.96. The number of aryl methyl sites for hydroxylation is 1. The lowest BCUT2D eigenvalue weighted by Gasteiger charge is -2.33. The molecular weight excluding hydrogens is 212 g/mol. The first-order chi connectivity index (χ1) is 7.02. The Hall–Kier alpha value is -0.730. The molecule has 1 N–H and O–H groups in total. The van der Waals surface area contributed by atoms with Gasteiger partial charge < -0.3 is 9.84 Å². The van der Waals surface area contributed by atoms with Crippen molar-refractivity contribution >= 4 is 11.6 Å². The molecule has 1 aromatic carbocycles. The number of fused-ring (bicyclic) bond motifs is 1. The molecule has 0 bridgehead atoms. The van der Waals surface area contributed by atoms with Crippen LogP contribution in [0, 0.1) is 0 Å². The Labute approximate surface area is 94.8 Å². The Morgan fingerprint density at radius 2 is 2.20 bits per heavy atom. The van der Waals surface area contributed by atoms with Gasteiger partial charge in [-0.05, 0) is 44.4 Å². The molecule has 1 heterocycles. The summed E-state index contributed by atoms with van der Waals surface area (Å²) in [5.74, 6) is 0.818. The number of rotatable bonds is 1. The Bertz CT molecular complexity index is 368. The van der Waals surface area contributed by atoms with Crippen LogP contribution in [0.1, 0.15) is 31.4 Å². The van der Waals surface area contributed by atoms with Crippen LogP contribution < -0.4 is 4.74 Å². The lowest BCUT2D eigenvalue weighted by Crippen LogP contribution is -2.33. The monoisotopic (exact) mass is 226 g/mol. The summed E-state index contributed by atoms with van der Waals surface area (Å²) in [6.45, 7) is 4.09. The summed E-state index contributed by atoms with van der Waals surface area (Å²) < 4.78 is 5.88. The number of aliphatic hydroxyl groups excluding tert-OH is 1. The zero-order valence-electron chi connectivity index (χ0n) is 9.01. The molecule has 1 aromatic rings. The van der Waals surface area contributed by atoms with Crippen LogP contribution in [0.2, 0.25) is 5.02 Å². The van der Waals surface area contributed by atoms with E-state index >= 15 is 0 Å². The predicted octanol–water partition coefficient (Wildman–Crippen LogP) is 2.94. The highest BCUT2D eigenvalue weighted by Crippen LogP contribution is 2.37. The third-order valence-electron chi connectivity index (χ3n) is 2.75. The van der Waals surface area contributed by atoms with Gasteiger partial charge >= 0.3 is 0 Å². The Balaban J connectivity index is 2.48. The fourth-order valence-corrected chi connectivity index (χ4v) is 2.17. The average molecular weight is 227 g/mol. The van der Waals surface area contributed by atoms with Crippen molar-refractivity contribution in [2.75, 3.05) is 0 Å². The van der Waals surface area contributed by atoms with Gasteiger partial charge in [0.15, 0.2) is 0 Å². The zero-order valence-corrected chi connectivity index (χ0v) is 9.77. The first-order valence-corrected chi connectivity index (χ1v) is 5.51. The molecule has 0 aliphatic carbocycles. The molecule has 0 aromatic heterocycles. The highest BCUT2D eigenvalue weighted by molar-refractivity contribution is 6.30. The number of hydrogen-bond acceptors (Lipinski definition) is 2. The summed E-state index contributed by atoms with van der Waals surface area (Å²) in [5.41, 5.74) is 1.74. The van der Waals surface area contributed by atoms with E-state index in [1.807, 2.05) is 6.07 Å². The van der Waals surface area contributed by atoms with Crippen LogP contribution in [0.15, 0.2) is 12.1 Å². The van der Waals surface area contributed by atoms with E-state index in [2.05, 4.69) is 13.8 Å². The summed E-state index contributed by atoms with van der Waals surface area (Å²) in [7, 11) is 0. The predicted molar refractivity (Wildman–Crippen MR) is 60.4 cm³/mol. The van der Waals surface area contributed by atoms with Crippen molar-refractivity contribution in [2.45, 2.75) is 38.9 Å². The molecule has 3 heteroatoms. The maximum atomic E-state index is 9.25. The Kier molecular flexibility index (Phi) is 2.65. The van der Waals surface area contributed by atoms with Crippen molar-refractivity contribution in [3.8, 4) is 5.75 Å². The fraction of sp³-hybridized carbons (Fsp3) is 0.500. The fourth-order valence-electron chi connectivity index (χ4n) is 1.91. The molecule has 0 saturated carbocycles. The molecule has 2 rings (SSSR count).